The number of hydrogen-bond donors (Lipinski definition) is 0. The molecule has 0 unspecified atom stereocenters. The summed E-state index contributed by atoms with van der Waals surface area (Å²) in [5.74, 6) is -0.0655. The number of esters is 1. The van der Waals surface area contributed by atoms with E-state index in [1.165, 1.54) is 19.5 Å². The van der Waals surface area contributed by atoms with E-state index in [0.29, 0.717) is 22.6 Å². The Morgan fingerprint density at radius 1 is 1.44 bits per heavy atom. The molecule has 0 saturated carbocycles. The van der Waals surface area contributed by atoms with Crippen LogP contribution in [0.4, 0.5) is 0 Å². The van der Waals surface area contributed by atoms with Crippen LogP contribution in [0.1, 0.15) is 16.1 Å². The van der Waals surface area contributed by atoms with Crippen molar-refractivity contribution < 1.29 is 14.1 Å². The maximum Gasteiger partial charge on any atom is 0.343 e. The molecular weight excluding hydrogens is 210 g/mol. The van der Waals surface area contributed by atoms with Gasteiger partial charge in [-0.25, -0.2) is 4.79 Å². The third-order valence-electron chi connectivity index (χ3n) is 2.11. The summed E-state index contributed by atoms with van der Waals surface area (Å²) < 4.78 is 9.64. The number of aryl methyl sites for hydroxylation is 1. The minimum Gasteiger partial charge on any atom is -0.465 e. The van der Waals surface area contributed by atoms with Crippen molar-refractivity contribution in [3.8, 4) is 11.3 Å². The van der Waals surface area contributed by atoms with E-state index in [1.807, 2.05) is 0 Å². The lowest BCUT2D eigenvalue weighted by Gasteiger charge is -1.99. The van der Waals surface area contributed by atoms with E-state index in [4.69, 9.17) is 4.52 Å². The SMILES string of the molecule is COC(=O)c1c(-c2ccnnc2)noc1C. The van der Waals surface area contributed by atoms with Crippen molar-refractivity contribution in [1.82, 2.24) is 15.4 Å². The monoisotopic (exact) mass is 219 g/mol. The summed E-state index contributed by atoms with van der Waals surface area (Å²) in [4.78, 5) is 11.5. The van der Waals surface area contributed by atoms with Crippen LogP contribution >= 0.6 is 0 Å². The van der Waals surface area contributed by atoms with Gasteiger partial charge in [0, 0.05) is 5.56 Å². The lowest BCUT2D eigenvalue weighted by molar-refractivity contribution is 0.0599. The van der Waals surface area contributed by atoms with E-state index in [0.717, 1.165) is 0 Å². The first-order chi connectivity index (χ1) is 7.74. The van der Waals surface area contributed by atoms with Gasteiger partial charge < -0.3 is 9.26 Å². The number of aromatic nitrogens is 3. The van der Waals surface area contributed by atoms with Gasteiger partial charge in [-0.05, 0) is 13.0 Å². The Balaban J connectivity index is 2.55. The zero-order valence-electron chi connectivity index (χ0n) is 8.80. The molecular formula is C10H9N3O3. The van der Waals surface area contributed by atoms with E-state index < -0.39 is 5.97 Å². The summed E-state index contributed by atoms with van der Waals surface area (Å²) in [5.41, 5.74) is 1.39. The Morgan fingerprint density at radius 3 is 2.88 bits per heavy atom. The quantitative estimate of drug-likeness (QED) is 0.707. The van der Waals surface area contributed by atoms with Crippen molar-refractivity contribution in [2.24, 2.45) is 0 Å². The predicted octanol–water partition coefficient (Wildman–Crippen LogP) is 1.23. The zero-order valence-corrected chi connectivity index (χ0v) is 8.80. The van der Waals surface area contributed by atoms with Crippen LogP contribution < -0.4 is 0 Å². The summed E-state index contributed by atoms with van der Waals surface area (Å²) in [6, 6.07) is 1.69. The number of methoxy groups -OCH3 is 1. The summed E-state index contributed by atoms with van der Waals surface area (Å²) in [6.07, 6.45) is 3.02. The van der Waals surface area contributed by atoms with Gasteiger partial charge in [0.2, 0.25) is 0 Å². The van der Waals surface area contributed by atoms with Crippen molar-refractivity contribution in [3.05, 3.63) is 29.8 Å². The van der Waals surface area contributed by atoms with Gasteiger partial charge >= 0.3 is 5.97 Å². The van der Waals surface area contributed by atoms with E-state index in [9.17, 15) is 4.79 Å². The van der Waals surface area contributed by atoms with Crippen molar-refractivity contribution in [2.75, 3.05) is 7.11 Å². The molecule has 2 aromatic heterocycles. The van der Waals surface area contributed by atoms with Crippen LogP contribution in [0.25, 0.3) is 11.3 Å². The molecule has 0 N–H and O–H groups in total. The zero-order chi connectivity index (χ0) is 11.5. The minimum atomic E-state index is -0.481. The lowest BCUT2D eigenvalue weighted by Crippen LogP contribution is -2.03. The fourth-order valence-electron chi connectivity index (χ4n) is 1.34. The van der Waals surface area contributed by atoms with E-state index in [2.05, 4.69) is 20.1 Å². The van der Waals surface area contributed by atoms with Crippen LogP contribution in [0.5, 0.6) is 0 Å². The molecule has 0 fully saturated rings. The fraction of sp³-hybridized carbons (Fsp3) is 0.200. The minimum absolute atomic E-state index is 0.315. The highest BCUT2D eigenvalue weighted by molar-refractivity contribution is 5.96. The van der Waals surface area contributed by atoms with Crippen LogP contribution in [0.3, 0.4) is 0 Å². The molecule has 0 aromatic carbocycles. The molecule has 16 heavy (non-hydrogen) atoms. The summed E-state index contributed by atoms with van der Waals surface area (Å²) in [6.45, 7) is 1.65. The summed E-state index contributed by atoms with van der Waals surface area (Å²) >= 11 is 0. The standard InChI is InChI=1S/C10H9N3O3/c1-6-8(10(14)15-2)9(13-16-6)7-3-4-11-12-5-7/h3-5H,1-2H3. The third kappa shape index (κ3) is 1.65. The van der Waals surface area contributed by atoms with Gasteiger partial charge in [0.05, 0.1) is 19.5 Å². The molecule has 0 bridgehead atoms. The van der Waals surface area contributed by atoms with E-state index in [1.54, 1.807) is 13.0 Å². The first-order valence-corrected chi connectivity index (χ1v) is 4.55. The number of nitrogens with zero attached hydrogens (tertiary/aromatic N) is 3. The maximum atomic E-state index is 11.5. The number of ether oxygens (including phenoxy) is 1. The largest absolute Gasteiger partial charge is 0.465 e. The molecule has 0 saturated heterocycles. The third-order valence-corrected chi connectivity index (χ3v) is 2.11. The summed E-state index contributed by atoms with van der Waals surface area (Å²) in [7, 11) is 1.31. The van der Waals surface area contributed by atoms with Crippen LogP contribution in [0.15, 0.2) is 23.0 Å². The highest BCUT2D eigenvalue weighted by Gasteiger charge is 2.22. The Labute approximate surface area is 91.2 Å². The van der Waals surface area contributed by atoms with Gasteiger partial charge in [0.25, 0.3) is 0 Å². The van der Waals surface area contributed by atoms with Crippen molar-refractivity contribution in [1.29, 1.82) is 0 Å². The summed E-state index contributed by atoms with van der Waals surface area (Å²) in [5, 5.41) is 11.2. The van der Waals surface area contributed by atoms with Crippen molar-refractivity contribution in [3.63, 3.8) is 0 Å². The number of carbonyl (C=O) groups is 1. The first kappa shape index (κ1) is 10.3. The Kier molecular flexibility index (Phi) is 2.63. The molecule has 6 heteroatoms. The molecule has 0 radical (unpaired) electrons. The Hall–Kier alpha value is -2.24. The average Bonchev–Trinajstić information content (AvgIpc) is 2.71. The molecule has 0 aliphatic rings. The number of rotatable bonds is 2. The van der Waals surface area contributed by atoms with Crippen molar-refractivity contribution >= 4 is 5.97 Å². The van der Waals surface area contributed by atoms with Crippen LogP contribution in [0, 0.1) is 6.92 Å². The molecule has 0 aliphatic heterocycles. The van der Waals surface area contributed by atoms with Crippen LogP contribution in [0.2, 0.25) is 0 Å². The molecule has 6 nitrogen and oxygen atoms in total. The molecule has 0 amide bonds. The molecule has 2 rings (SSSR count). The van der Waals surface area contributed by atoms with Gasteiger partial charge in [-0.3, -0.25) is 0 Å². The smallest absolute Gasteiger partial charge is 0.343 e. The molecule has 0 atom stereocenters. The maximum absolute atomic E-state index is 11.5. The van der Waals surface area contributed by atoms with E-state index >= 15 is 0 Å². The van der Waals surface area contributed by atoms with E-state index in [-0.39, 0.29) is 0 Å². The lowest BCUT2D eigenvalue weighted by atomic mass is 10.1. The molecule has 82 valence electrons. The first-order valence-electron chi connectivity index (χ1n) is 4.55. The van der Waals surface area contributed by atoms with Gasteiger partial charge in [-0.15, -0.1) is 0 Å². The second-order valence-corrected chi connectivity index (χ2v) is 3.09. The van der Waals surface area contributed by atoms with Gasteiger partial charge in [0.15, 0.2) is 0 Å². The fourth-order valence-corrected chi connectivity index (χ4v) is 1.34. The second kappa shape index (κ2) is 4.09. The number of carbonyl (C=O) groups excluding carboxylic acids is 1. The average molecular weight is 219 g/mol. The van der Waals surface area contributed by atoms with Gasteiger partial charge in [-0.2, -0.15) is 10.2 Å². The van der Waals surface area contributed by atoms with Gasteiger partial charge in [-0.1, -0.05) is 5.16 Å². The Bertz CT molecular complexity index is 507. The van der Waals surface area contributed by atoms with Crippen molar-refractivity contribution in [2.45, 2.75) is 6.92 Å². The predicted molar refractivity (Wildman–Crippen MR) is 53.6 cm³/mol. The topological polar surface area (TPSA) is 78.1 Å². The van der Waals surface area contributed by atoms with Crippen LogP contribution in [-0.4, -0.2) is 28.4 Å². The molecule has 2 aromatic rings. The molecule has 2 heterocycles. The van der Waals surface area contributed by atoms with Gasteiger partial charge in [0.1, 0.15) is 17.0 Å². The number of hydrogen-bond acceptors (Lipinski definition) is 6. The second-order valence-electron chi connectivity index (χ2n) is 3.09. The van der Waals surface area contributed by atoms with Crippen LogP contribution in [-0.2, 0) is 4.74 Å². The molecule has 0 spiro atoms. The Morgan fingerprint density at radius 2 is 2.25 bits per heavy atom. The normalized spacial score (nSPS) is 10.1. The highest BCUT2D eigenvalue weighted by atomic mass is 16.5. The molecule has 0 aliphatic carbocycles. The highest BCUT2D eigenvalue weighted by Crippen LogP contribution is 2.24.